The summed E-state index contributed by atoms with van der Waals surface area (Å²) in [5.41, 5.74) is 1.23. The normalized spacial score (nSPS) is 15.9. The lowest BCUT2D eigenvalue weighted by Gasteiger charge is -2.21. The second kappa shape index (κ2) is 8.35. The Morgan fingerprint density at radius 2 is 2.19 bits per heavy atom. The molecule has 0 atom stereocenters. The number of hydrogen-bond donors (Lipinski definition) is 1. The van der Waals surface area contributed by atoms with Crippen LogP contribution < -0.4 is 5.32 Å². The van der Waals surface area contributed by atoms with Gasteiger partial charge in [0.1, 0.15) is 0 Å². The first kappa shape index (κ1) is 16.2. The van der Waals surface area contributed by atoms with Gasteiger partial charge in [-0.3, -0.25) is 9.78 Å². The molecule has 0 radical (unpaired) electrons. The third-order valence-corrected chi connectivity index (χ3v) is 4.06. The number of pyridine rings is 1. The third kappa shape index (κ3) is 5.29. The Kier molecular flexibility index (Phi) is 6.46. The molecule has 1 aliphatic rings. The molecule has 1 aromatic heterocycles. The Bertz CT molecular complexity index is 473. The maximum absolute atomic E-state index is 12.0. The number of nitrogens with zero attached hydrogens (tertiary/aromatic N) is 1. The Morgan fingerprint density at radius 3 is 2.90 bits per heavy atom. The van der Waals surface area contributed by atoms with Crippen LogP contribution in [0, 0.1) is 6.92 Å². The van der Waals surface area contributed by atoms with Gasteiger partial charge in [-0.25, -0.2) is 0 Å². The average Bonchev–Trinajstić information content (AvgIpc) is 2.47. The van der Waals surface area contributed by atoms with E-state index in [9.17, 15) is 4.79 Å². The van der Waals surface area contributed by atoms with Gasteiger partial charge in [-0.15, -0.1) is 0 Å². The van der Waals surface area contributed by atoms with Gasteiger partial charge < -0.3 is 10.1 Å². The fraction of sp³-hybridized carbons (Fsp3) is 0.625. The Balaban J connectivity index is 1.64. The van der Waals surface area contributed by atoms with Crippen molar-refractivity contribution in [2.45, 2.75) is 51.6 Å². The molecular formula is C16H23ClN2O2. The van der Waals surface area contributed by atoms with Crippen molar-refractivity contribution in [2.24, 2.45) is 0 Å². The van der Waals surface area contributed by atoms with Crippen LogP contribution >= 0.6 is 11.6 Å². The molecule has 1 fully saturated rings. The monoisotopic (exact) mass is 310 g/mol. The minimum atomic E-state index is -0.176. The van der Waals surface area contributed by atoms with E-state index in [0.29, 0.717) is 29.8 Å². The van der Waals surface area contributed by atoms with Gasteiger partial charge in [0.05, 0.1) is 16.7 Å². The highest BCUT2D eigenvalue weighted by molar-refractivity contribution is 6.33. The van der Waals surface area contributed by atoms with Crippen LogP contribution in [0.3, 0.4) is 0 Å². The van der Waals surface area contributed by atoms with E-state index < -0.39 is 0 Å². The van der Waals surface area contributed by atoms with Gasteiger partial charge in [0.25, 0.3) is 5.91 Å². The Morgan fingerprint density at radius 1 is 1.43 bits per heavy atom. The lowest BCUT2D eigenvalue weighted by Crippen LogP contribution is -2.26. The van der Waals surface area contributed by atoms with Crippen molar-refractivity contribution >= 4 is 17.5 Å². The first-order valence-electron chi connectivity index (χ1n) is 7.69. The smallest absolute Gasteiger partial charge is 0.254 e. The van der Waals surface area contributed by atoms with Crippen LogP contribution in [0.1, 0.15) is 54.6 Å². The summed E-state index contributed by atoms with van der Waals surface area (Å²) in [6, 6.07) is 1.70. The summed E-state index contributed by atoms with van der Waals surface area (Å²) in [7, 11) is 0. The molecule has 0 aromatic carbocycles. The van der Waals surface area contributed by atoms with E-state index in [1.165, 1.54) is 38.3 Å². The first-order valence-corrected chi connectivity index (χ1v) is 8.06. The van der Waals surface area contributed by atoms with Gasteiger partial charge >= 0.3 is 0 Å². The van der Waals surface area contributed by atoms with Crippen molar-refractivity contribution < 1.29 is 9.53 Å². The highest BCUT2D eigenvalue weighted by atomic mass is 35.5. The maximum atomic E-state index is 12.0. The van der Waals surface area contributed by atoms with Gasteiger partial charge in [0.15, 0.2) is 0 Å². The van der Waals surface area contributed by atoms with Crippen molar-refractivity contribution in [3.05, 3.63) is 28.5 Å². The van der Waals surface area contributed by atoms with Crippen LogP contribution in [0.25, 0.3) is 0 Å². The van der Waals surface area contributed by atoms with E-state index in [4.69, 9.17) is 16.3 Å². The van der Waals surface area contributed by atoms with Gasteiger partial charge in [-0.05, 0) is 32.3 Å². The standard InChI is InChI=1S/C16H23ClN2O2/c1-12-10-15(17)14(11-19-12)16(20)18-8-5-9-21-13-6-3-2-4-7-13/h10-11,13H,2-9H2,1H3,(H,18,20). The van der Waals surface area contributed by atoms with Crippen molar-refractivity contribution in [3.8, 4) is 0 Å². The summed E-state index contributed by atoms with van der Waals surface area (Å²) in [5, 5.41) is 3.30. The lowest BCUT2D eigenvalue weighted by molar-refractivity contribution is 0.0273. The summed E-state index contributed by atoms with van der Waals surface area (Å²) < 4.78 is 5.82. The van der Waals surface area contributed by atoms with Crippen molar-refractivity contribution in [1.29, 1.82) is 0 Å². The van der Waals surface area contributed by atoms with Gasteiger partial charge in [0.2, 0.25) is 0 Å². The average molecular weight is 311 g/mol. The molecule has 5 heteroatoms. The zero-order valence-corrected chi connectivity index (χ0v) is 13.3. The molecule has 0 spiro atoms. The molecule has 116 valence electrons. The summed E-state index contributed by atoms with van der Waals surface area (Å²) in [6.07, 6.45) is 9.01. The molecule has 1 aliphatic carbocycles. The molecule has 4 nitrogen and oxygen atoms in total. The predicted molar refractivity (Wildman–Crippen MR) is 83.8 cm³/mol. The molecule has 0 unspecified atom stereocenters. The van der Waals surface area contributed by atoms with E-state index in [2.05, 4.69) is 10.3 Å². The molecular weight excluding hydrogens is 288 g/mol. The van der Waals surface area contributed by atoms with Crippen LogP contribution in [0.5, 0.6) is 0 Å². The second-order valence-electron chi connectivity index (χ2n) is 5.55. The van der Waals surface area contributed by atoms with E-state index in [0.717, 1.165) is 12.1 Å². The largest absolute Gasteiger partial charge is 0.378 e. The minimum Gasteiger partial charge on any atom is -0.378 e. The lowest BCUT2D eigenvalue weighted by atomic mass is 9.98. The number of hydrogen-bond acceptors (Lipinski definition) is 3. The number of rotatable bonds is 6. The minimum absolute atomic E-state index is 0.176. The number of amides is 1. The zero-order chi connectivity index (χ0) is 15.1. The molecule has 0 saturated heterocycles. The quantitative estimate of drug-likeness (QED) is 0.818. The predicted octanol–water partition coefficient (Wildman–Crippen LogP) is 3.51. The molecule has 21 heavy (non-hydrogen) atoms. The van der Waals surface area contributed by atoms with E-state index in [1.54, 1.807) is 6.07 Å². The topological polar surface area (TPSA) is 51.2 Å². The van der Waals surface area contributed by atoms with Crippen LogP contribution in [0.4, 0.5) is 0 Å². The first-order chi connectivity index (χ1) is 10.2. The van der Waals surface area contributed by atoms with Crippen molar-refractivity contribution in [2.75, 3.05) is 13.2 Å². The number of carbonyl (C=O) groups excluding carboxylic acids is 1. The maximum Gasteiger partial charge on any atom is 0.254 e. The highest BCUT2D eigenvalue weighted by Gasteiger charge is 2.13. The summed E-state index contributed by atoms with van der Waals surface area (Å²) >= 11 is 6.04. The summed E-state index contributed by atoms with van der Waals surface area (Å²) in [6.45, 7) is 3.14. The summed E-state index contributed by atoms with van der Waals surface area (Å²) in [5.74, 6) is -0.176. The third-order valence-electron chi connectivity index (χ3n) is 3.75. The fourth-order valence-corrected chi connectivity index (χ4v) is 2.84. The molecule has 1 heterocycles. The molecule has 1 amide bonds. The number of halogens is 1. The van der Waals surface area contributed by atoms with Gasteiger partial charge in [-0.1, -0.05) is 30.9 Å². The SMILES string of the molecule is Cc1cc(Cl)c(C(=O)NCCCOC2CCCCC2)cn1. The molecule has 1 aromatic rings. The molecule has 2 rings (SSSR count). The molecule has 1 N–H and O–H groups in total. The van der Waals surface area contributed by atoms with E-state index in [-0.39, 0.29) is 5.91 Å². The van der Waals surface area contributed by atoms with Crippen LogP contribution in [0.15, 0.2) is 12.3 Å². The van der Waals surface area contributed by atoms with E-state index >= 15 is 0 Å². The zero-order valence-electron chi connectivity index (χ0n) is 12.5. The van der Waals surface area contributed by atoms with Gasteiger partial charge in [-0.2, -0.15) is 0 Å². The number of carbonyl (C=O) groups is 1. The Hall–Kier alpha value is -1.13. The fourth-order valence-electron chi connectivity index (χ4n) is 2.54. The molecule has 0 bridgehead atoms. The van der Waals surface area contributed by atoms with Crippen molar-refractivity contribution in [3.63, 3.8) is 0 Å². The number of aromatic nitrogens is 1. The van der Waals surface area contributed by atoms with E-state index in [1.807, 2.05) is 6.92 Å². The van der Waals surface area contributed by atoms with Crippen LogP contribution in [0.2, 0.25) is 5.02 Å². The van der Waals surface area contributed by atoms with Crippen LogP contribution in [-0.4, -0.2) is 30.1 Å². The highest BCUT2D eigenvalue weighted by Crippen LogP contribution is 2.20. The summed E-state index contributed by atoms with van der Waals surface area (Å²) in [4.78, 5) is 16.1. The Labute approximate surface area is 131 Å². The van der Waals surface area contributed by atoms with Crippen molar-refractivity contribution in [1.82, 2.24) is 10.3 Å². The number of ether oxygens (including phenoxy) is 1. The molecule has 0 aliphatic heterocycles. The number of aryl methyl sites for hydroxylation is 1. The van der Waals surface area contributed by atoms with Crippen LogP contribution in [-0.2, 0) is 4.74 Å². The number of nitrogens with one attached hydrogen (secondary N) is 1. The van der Waals surface area contributed by atoms with Gasteiger partial charge in [0, 0.05) is 25.0 Å². The second-order valence-corrected chi connectivity index (χ2v) is 5.95. The molecule has 1 saturated carbocycles.